The molecule has 0 saturated heterocycles. The molecule has 0 unspecified atom stereocenters. The van der Waals surface area contributed by atoms with E-state index in [2.05, 4.69) is 90.8 Å². The summed E-state index contributed by atoms with van der Waals surface area (Å²) in [6.07, 6.45) is 1.69. The summed E-state index contributed by atoms with van der Waals surface area (Å²) in [5.74, 6) is 1.99. The first kappa shape index (κ1) is 19.0. The summed E-state index contributed by atoms with van der Waals surface area (Å²) in [6.45, 7) is 2.07. The van der Waals surface area contributed by atoms with Gasteiger partial charge in [0.1, 0.15) is 12.1 Å². The van der Waals surface area contributed by atoms with Gasteiger partial charge in [0.15, 0.2) is 11.5 Å². The Labute approximate surface area is 196 Å². The molecule has 3 heterocycles. The lowest BCUT2D eigenvalue weighted by atomic mass is 9.81. The van der Waals surface area contributed by atoms with Gasteiger partial charge in [0.25, 0.3) is 0 Å². The summed E-state index contributed by atoms with van der Waals surface area (Å²) in [7, 11) is 0. The average Bonchev–Trinajstić information content (AvgIpc) is 3.33. The van der Waals surface area contributed by atoms with Crippen LogP contribution in [0.25, 0.3) is 27.8 Å². The van der Waals surface area contributed by atoms with Crippen LogP contribution in [0.15, 0.2) is 97.3 Å². The fourth-order valence-electron chi connectivity index (χ4n) is 4.91. The van der Waals surface area contributed by atoms with Gasteiger partial charge in [-0.1, -0.05) is 90.5 Å². The smallest absolute Gasteiger partial charge is 0.228 e. The third-order valence-electron chi connectivity index (χ3n) is 6.54. The highest BCUT2D eigenvalue weighted by Crippen LogP contribution is 2.50. The molecule has 34 heavy (non-hydrogen) atoms. The van der Waals surface area contributed by atoms with Gasteiger partial charge in [-0.05, 0) is 29.3 Å². The van der Waals surface area contributed by atoms with Gasteiger partial charge in [-0.25, -0.2) is 14.5 Å². The Morgan fingerprint density at radius 1 is 0.794 bits per heavy atom. The third kappa shape index (κ3) is 2.83. The van der Waals surface area contributed by atoms with Crippen molar-refractivity contribution in [2.75, 3.05) is 0 Å². The summed E-state index contributed by atoms with van der Waals surface area (Å²) >= 11 is 0. The predicted molar refractivity (Wildman–Crippen MR) is 132 cm³/mol. The number of aromatic nitrogens is 4. The van der Waals surface area contributed by atoms with Crippen LogP contribution in [-0.2, 0) is 0 Å². The van der Waals surface area contributed by atoms with Gasteiger partial charge in [-0.2, -0.15) is 0 Å². The van der Waals surface area contributed by atoms with Crippen LogP contribution in [0, 0.1) is 6.92 Å². The second-order valence-corrected chi connectivity index (χ2v) is 8.68. The van der Waals surface area contributed by atoms with Crippen molar-refractivity contribution in [3.05, 3.63) is 120 Å². The van der Waals surface area contributed by atoms with Crippen LogP contribution in [0.1, 0.15) is 28.2 Å². The van der Waals surface area contributed by atoms with E-state index >= 15 is 0 Å². The minimum absolute atomic E-state index is 0.0858. The van der Waals surface area contributed by atoms with E-state index in [0.29, 0.717) is 11.7 Å². The van der Waals surface area contributed by atoms with E-state index in [4.69, 9.17) is 14.8 Å². The largest absolute Gasteiger partial charge is 0.438 e. The molecule has 4 aromatic carbocycles. The molecule has 5 heteroatoms. The van der Waals surface area contributed by atoms with Crippen molar-refractivity contribution in [3.63, 3.8) is 0 Å². The highest BCUT2D eigenvalue weighted by Gasteiger charge is 2.34. The van der Waals surface area contributed by atoms with Crippen LogP contribution in [0.2, 0.25) is 0 Å². The van der Waals surface area contributed by atoms with E-state index < -0.39 is 0 Å². The molecule has 0 saturated carbocycles. The molecule has 6 aromatic rings. The quantitative estimate of drug-likeness (QED) is 0.306. The van der Waals surface area contributed by atoms with Gasteiger partial charge < -0.3 is 4.74 Å². The second-order valence-electron chi connectivity index (χ2n) is 8.68. The predicted octanol–water partition coefficient (Wildman–Crippen LogP) is 6.54. The lowest BCUT2D eigenvalue weighted by Crippen LogP contribution is -2.15. The molecule has 1 aliphatic rings. The Bertz CT molecular complexity index is 1690. The Morgan fingerprint density at radius 3 is 2.44 bits per heavy atom. The van der Waals surface area contributed by atoms with Crippen molar-refractivity contribution in [1.29, 1.82) is 0 Å². The fourth-order valence-corrected chi connectivity index (χ4v) is 4.91. The SMILES string of the molecule is Cc1ccc(-c2nc3c4c(ncn3n2)Oc2ccc3ccccc3c2[C@@H]4c2ccccc2)cc1. The summed E-state index contributed by atoms with van der Waals surface area (Å²) in [6, 6.07) is 31.4. The van der Waals surface area contributed by atoms with Gasteiger partial charge in [0, 0.05) is 17.0 Å². The molecule has 7 rings (SSSR count). The number of aryl methyl sites for hydroxylation is 1. The van der Waals surface area contributed by atoms with Gasteiger partial charge >= 0.3 is 0 Å². The highest BCUT2D eigenvalue weighted by molar-refractivity contribution is 5.90. The molecule has 2 aromatic heterocycles. The Hall–Kier alpha value is -4.51. The van der Waals surface area contributed by atoms with Crippen LogP contribution >= 0.6 is 0 Å². The fraction of sp³-hybridized carbons (Fsp3) is 0.0690. The molecule has 1 aliphatic heterocycles. The number of hydrogen-bond donors (Lipinski definition) is 0. The van der Waals surface area contributed by atoms with Gasteiger partial charge in [-0.15, -0.1) is 5.10 Å². The molecule has 0 fully saturated rings. The first-order chi connectivity index (χ1) is 16.8. The molecule has 1 atom stereocenters. The van der Waals surface area contributed by atoms with E-state index in [1.807, 2.05) is 12.1 Å². The molecule has 0 radical (unpaired) electrons. The second kappa shape index (κ2) is 7.25. The summed E-state index contributed by atoms with van der Waals surface area (Å²) in [5, 5.41) is 7.10. The number of benzene rings is 4. The van der Waals surface area contributed by atoms with E-state index in [9.17, 15) is 0 Å². The van der Waals surface area contributed by atoms with Crippen LogP contribution < -0.4 is 4.74 Å². The molecule has 0 N–H and O–H groups in total. The van der Waals surface area contributed by atoms with Crippen molar-refractivity contribution in [3.8, 4) is 23.0 Å². The first-order valence-electron chi connectivity index (χ1n) is 11.3. The number of fused-ring (bicyclic) bond motifs is 6. The minimum atomic E-state index is -0.0858. The topological polar surface area (TPSA) is 52.3 Å². The zero-order chi connectivity index (χ0) is 22.6. The lowest BCUT2D eigenvalue weighted by Gasteiger charge is -2.29. The normalized spacial score (nSPS) is 14.6. The molecule has 0 spiro atoms. The monoisotopic (exact) mass is 440 g/mol. The zero-order valence-corrected chi connectivity index (χ0v) is 18.5. The summed E-state index contributed by atoms with van der Waals surface area (Å²) < 4.78 is 8.15. The van der Waals surface area contributed by atoms with Crippen LogP contribution in [0.4, 0.5) is 0 Å². The maximum Gasteiger partial charge on any atom is 0.228 e. The van der Waals surface area contributed by atoms with E-state index in [1.165, 1.54) is 21.9 Å². The van der Waals surface area contributed by atoms with E-state index in [-0.39, 0.29) is 5.92 Å². The summed E-state index contributed by atoms with van der Waals surface area (Å²) in [4.78, 5) is 9.65. The van der Waals surface area contributed by atoms with E-state index in [0.717, 1.165) is 28.1 Å². The number of rotatable bonds is 2. The van der Waals surface area contributed by atoms with E-state index in [1.54, 1.807) is 10.8 Å². The number of nitrogens with zero attached hydrogens (tertiary/aromatic N) is 4. The molecular formula is C29H20N4O. The van der Waals surface area contributed by atoms with Gasteiger partial charge in [-0.3, -0.25) is 0 Å². The minimum Gasteiger partial charge on any atom is -0.438 e. The summed E-state index contributed by atoms with van der Waals surface area (Å²) in [5.41, 5.74) is 6.16. The van der Waals surface area contributed by atoms with Crippen molar-refractivity contribution in [2.45, 2.75) is 12.8 Å². The molecule has 0 amide bonds. The number of hydrogen-bond acceptors (Lipinski definition) is 4. The van der Waals surface area contributed by atoms with Crippen molar-refractivity contribution >= 4 is 16.4 Å². The average molecular weight is 441 g/mol. The molecule has 0 bridgehead atoms. The van der Waals surface area contributed by atoms with Crippen LogP contribution in [0.5, 0.6) is 11.6 Å². The van der Waals surface area contributed by atoms with Crippen molar-refractivity contribution < 1.29 is 4.74 Å². The standard InChI is InChI=1S/C29H20N4O/c1-18-11-13-21(14-12-18)27-31-28-26-24(20-8-3-2-4-9-20)25-22-10-6-5-7-19(22)15-16-23(25)34-29(26)30-17-33(28)32-27/h2-17,24H,1H3/t24-/m0/s1. The maximum atomic E-state index is 6.38. The van der Waals surface area contributed by atoms with Crippen molar-refractivity contribution in [1.82, 2.24) is 19.6 Å². The van der Waals surface area contributed by atoms with Crippen LogP contribution in [0.3, 0.4) is 0 Å². The molecule has 0 aliphatic carbocycles. The van der Waals surface area contributed by atoms with Crippen LogP contribution in [-0.4, -0.2) is 19.6 Å². The van der Waals surface area contributed by atoms with Gasteiger partial charge in [0.2, 0.25) is 5.88 Å². The highest BCUT2D eigenvalue weighted by atomic mass is 16.5. The third-order valence-corrected chi connectivity index (χ3v) is 6.54. The molecule has 162 valence electrons. The number of ether oxygens (including phenoxy) is 1. The maximum absolute atomic E-state index is 6.38. The Kier molecular flexibility index (Phi) is 4.05. The van der Waals surface area contributed by atoms with Crippen molar-refractivity contribution in [2.24, 2.45) is 0 Å². The first-order valence-corrected chi connectivity index (χ1v) is 11.3. The van der Waals surface area contributed by atoms with Gasteiger partial charge in [0.05, 0.1) is 5.56 Å². The molecule has 5 nitrogen and oxygen atoms in total. The zero-order valence-electron chi connectivity index (χ0n) is 18.5. The molecular weight excluding hydrogens is 420 g/mol. The Morgan fingerprint density at radius 2 is 1.59 bits per heavy atom. The lowest BCUT2D eigenvalue weighted by molar-refractivity contribution is 0.433. The Balaban J connectivity index is 1.53.